The van der Waals surface area contributed by atoms with E-state index in [0.29, 0.717) is 0 Å². The Kier molecular flexibility index (Phi) is 3.91. The molecule has 110 valence electrons. The lowest BCUT2D eigenvalue weighted by atomic mass is 10.1. The van der Waals surface area contributed by atoms with Gasteiger partial charge in [0.1, 0.15) is 5.82 Å². The molecule has 1 aliphatic carbocycles. The highest BCUT2D eigenvalue weighted by Gasteiger charge is 2.23. The van der Waals surface area contributed by atoms with Gasteiger partial charge in [0.05, 0.1) is 0 Å². The Morgan fingerprint density at radius 2 is 1.81 bits per heavy atom. The quantitative estimate of drug-likeness (QED) is 0.886. The van der Waals surface area contributed by atoms with Gasteiger partial charge in [-0.05, 0) is 44.6 Å². The summed E-state index contributed by atoms with van der Waals surface area (Å²) >= 11 is 0. The minimum absolute atomic E-state index is 0.793. The second-order valence-electron chi connectivity index (χ2n) is 5.74. The lowest BCUT2D eigenvalue weighted by Crippen LogP contribution is -2.08. The van der Waals surface area contributed by atoms with Crippen molar-refractivity contribution in [3.8, 4) is 11.4 Å². The molecule has 1 N–H and O–H groups in total. The van der Waals surface area contributed by atoms with Gasteiger partial charge in [-0.1, -0.05) is 31.2 Å². The van der Waals surface area contributed by atoms with Gasteiger partial charge in [-0.15, -0.1) is 0 Å². The number of nitrogens with zero attached hydrogens (tertiary/aromatic N) is 2. The molecule has 0 amide bonds. The Morgan fingerprint density at radius 1 is 1.10 bits per heavy atom. The Bertz CT molecular complexity index is 628. The molecular formula is C18H23N3. The number of benzene rings is 1. The van der Waals surface area contributed by atoms with Crippen LogP contribution in [0, 0.1) is 6.92 Å². The van der Waals surface area contributed by atoms with E-state index in [1.807, 2.05) is 0 Å². The van der Waals surface area contributed by atoms with Gasteiger partial charge in [0.25, 0.3) is 0 Å². The van der Waals surface area contributed by atoms with E-state index in [4.69, 9.17) is 9.97 Å². The predicted octanol–water partition coefficient (Wildman–Crippen LogP) is 4.32. The summed E-state index contributed by atoms with van der Waals surface area (Å²) < 4.78 is 0. The molecule has 1 saturated carbocycles. The van der Waals surface area contributed by atoms with Crippen LogP contribution in [0.2, 0.25) is 0 Å². The van der Waals surface area contributed by atoms with Crippen LogP contribution in [0.15, 0.2) is 24.3 Å². The van der Waals surface area contributed by atoms with Crippen molar-refractivity contribution in [2.75, 3.05) is 11.9 Å². The first-order chi connectivity index (χ1) is 10.2. The van der Waals surface area contributed by atoms with E-state index in [-0.39, 0.29) is 0 Å². The molecule has 1 fully saturated rings. The summed E-state index contributed by atoms with van der Waals surface area (Å²) in [4.78, 5) is 9.43. The summed E-state index contributed by atoms with van der Waals surface area (Å²) in [6.07, 6.45) is 3.63. The van der Waals surface area contributed by atoms with Crippen LogP contribution in [0.5, 0.6) is 0 Å². The SMILES string of the molecule is CCNc1nc(-c2ccc(C3CC3)cc2)nc(C)c1CC. The largest absolute Gasteiger partial charge is 0.370 e. The molecule has 0 unspecified atom stereocenters. The maximum absolute atomic E-state index is 4.73. The second kappa shape index (κ2) is 5.84. The minimum Gasteiger partial charge on any atom is -0.370 e. The monoisotopic (exact) mass is 281 g/mol. The van der Waals surface area contributed by atoms with Crippen LogP contribution in [-0.4, -0.2) is 16.5 Å². The first-order valence-corrected chi connectivity index (χ1v) is 7.94. The molecule has 3 nitrogen and oxygen atoms in total. The molecular weight excluding hydrogens is 258 g/mol. The van der Waals surface area contributed by atoms with E-state index in [0.717, 1.165) is 41.8 Å². The molecule has 1 heterocycles. The molecule has 21 heavy (non-hydrogen) atoms. The Morgan fingerprint density at radius 3 is 2.38 bits per heavy atom. The molecule has 1 aromatic carbocycles. The molecule has 0 radical (unpaired) electrons. The third kappa shape index (κ3) is 2.92. The van der Waals surface area contributed by atoms with Crippen molar-refractivity contribution in [3.05, 3.63) is 41.1 Å². The van der Waals surface area contributed by atoms with Crippen LogP contribution in [0.3, 0.4) is 0 Å². The number of hydrogen-bond donors (Lipinski definition) is 1. The highest BCUT2D eigenvalue weighted by Crippen LogP contribution is 2.40. The Labute approximate surface area is 126 Å². The van der Waals surface area contributed by atoms with Crippen LogP contribution in [0.1, 0.15) is 49.4 Å². The zero-order valence-corrected chi connectivity index (χ0v) is 13.1. The molecule has 0 saturated heterocycles. The lowest BCUT2D eigenvalue weighted by molar-refractivity contribution is 0.989. The molecule has 3 heteroatoms. The fourth-order valence-electron chi connectivity index (χ4n) is 2.78. The van der Waals surface area contributed by atoms with Crippen LogP contribution in [0.4, 0.5) is 5.82 Å². The second-order valence-corrected chi connectivity index (χ2v) is 5.74. The van der Waals surface area contributed by atoms with Crippen LogP contribution in [-0.2, 0) is 6.42 Å². The maximum Gasteiger partial charge on any atom is 0.161 e. The molecule has 0 spiro atoms. The van der Waals surface area contributed by atoms with Crippen molar-refractivity contribution >= 4 is 5.82 Å². The van der Waals surface area contributed by atoms with Gasteiger partial charge in [0, 0.05) is 23.4 Å². The van der Waals surface area contributed by atoms with Gasteiger partial charge < -0.3 is 5.32 Å². The number of aromatic nitrogens is 2. The number of hydrogen-bond acceptors (Lipinski definition) is 3. The van der Waals surface area contributed by atoms with Gasteiger partial charge in [-0.2, -0.15) is 0 Å². The first kappa shape index (κ1) is 14.1. The smallest absolute Gasteiger partial charge is 0.161 e. The topological polar surface area (TPSA) is 37.8 Å². The fourth-order valence-corrected chi connectivity index (χ4v) is 2.78. The van der Waals surface area contributed by atoms with Crippen molar-refractivity contribution in [1.29, 1.82) is 0 Å². The van der Waals surface area contributed by atoms with Crippen molar-refractivity contribution in [2.45, 2.75) is 46.0 Å². The third-order valence-electron chi connectivity index (χ3n) is 4.13. The molecule has 0 atom stereocenters. The summed E-state index contributed by atoms with van der Waals surface area (Å²) in [6.45, 7) is 7.20. The normalized spacial score (nSPS) is 14.2. The van der Waals surface area contributed by atoms with E-state index >= 15 is 0 Å². The molecule has 1 aromatic heterocycles. The average molecular weight is 281 g/mol. The maximum atomic E-state index is 4.73. The van der Waals surface area contributed by atoms with Crippen LogP contribution >= 0.6 is 0 Å². The van der Waals surface area contributed by atoms with Gasteiger partial charge in [0.15, 0.2) is 5.82 Å². The highest BCUT2D eigenvalue weighted by atomic mass is 15.0. The van der Waals surface area contributed by atoms with Gasteiger partial charge in [-0.25, -0.2) is 9.97 Å². The minimum atomic E-state index is 0.793. The number of aryl methyl sites for hydroxylation is 1. The standard InChI is InChI=1S/C18H23N3/c1-4-16-12(3)20-17(21-18(16)19-5-2)15-10-8-14(9-11-15)13-6-7-13/h8-11,13H,4-7H2,1-3H3,(H,19,20,21). The Hall–Kier alpha value is -1.90. The van der Waals surface area contributed by atoms with Crippen molar-refractivity contribution < 1.29 is 0 Å². The molecule has 0 bridgehead atoms. The highest BCUT2D eigenvalue weighted by molar-refractivity contribution is 5.60. The van der Waals surface area contributed by atoms with Crippen LogP contribution in [0.25, 0.3) is 11.4 Å². The zero-order chi connectivity index (χ0) is 14.8. The van der Waals surface area contributed by atoms with E-state index in [9.17, 15) is 0 Å². The van der Waals surface area contributed by atoms with Gasteiger partial charge in [0.2, 0.25) is 0 Å². The summed E-state index contributed by atoms with van der Waals surface area (Å²) in [6, 6.07) is 8.77. The van der Waals surface area contributed by atoms with E-state index < -0.39 is 0 Å². The molecule has 0 aliphatic heterocycles. The molecule has 2 aromatic rings. The van der Waals surface area contributed by atoms with Crippen molar-refractivity contribution in [1.82, 2.24) is 9.97 Å². The summed E-state index contributed by atoms with van der Waals surface area (Å²) in [7, 11) is 0. The lowest BCUT2D eigenvalue weighted by Gasteiger charge is -2.13. The van der Waals surface area contributed by atoms with Crippen LogP contribution < -0.4 is 5.32 Å². The van der Waals surface area contributed by atoms with Gasteiger partial charge >= 0.3 is 0 Å². The molecule has 3 rings (SSSR count). The van der Waals surface area contributed by atoms with E-state index in [1.165, 1.54) is 24.0 Å². The fraction of sp³-hybridized carbons (Fsp3) is 0.444. The van der Waals surface area contributed by atoms with Crippen molar-refractivity contribution in [2.24, 2.45) is 0 Å². The molecule has 1 aliphatic rings. The zero-order valence-electron chi connectivity index (χ0n) is 13.1. The third-order valence-corrected chi connectivity index (χ3v) is 4.13. The number of nitrogens with one attached hydrogen (secondary N) is 1. The van der Waals surface area contributed by atoms with E-state index in [1.54, 1.807) is 0 Å². The van der Waals surface area contributed by atoms with E-state index in [2.05, 4.69) is 50.4 Å². The summed E-state index contributed by atoms with van der Waals surface area (Å²) in [5.74, 6) is 2.60. The average Bonchev–Trinajstić information content (AvgIpc) is 3.32. The predicted molar refractivity (Wildman–Crippen MR) is 87.7 cm³/mol. The summed E-state index contributed by atoms with van der Waals surface area (Å²) in [5.41, 5.74) is 4.84. The number of rotatable bonds is 5. The summed E-state index contributed by atoms with van der Waals surface area (Å²) in [5, 5.41) is 3.37. The Balaban J connectivity index is 1.96. The van der Waals surface area contributed by atoms with Gasteiger partial charge in [-0.3, -0.25) is 0 Å². The first-order valence-electron chi connectivity index (χ1n) is 7.94. The number of anilines is 1. The van der Waals surface area contributed by atoms with Crippen molar-refractivity contribution in [3.63, 3.8) is 0 Å².